The van der Waals surface area contributed by atoms with E-state index in [4.69, 9.17) is 4.42 Å². The summed E-state index contributed by atoms with van der Waals surface area (Å²) in [6.07, 6.45) is 1.62. The summed E-state index contributed by atoms with van der Waals surface area (Å²) in [6.45, 7) is 8.58. The molecule has 0 amide bonds. The maximum atomic E-state index is 13.2. The van der Waals surface area contributed by atoms with Gasteiger partial charge in [-0.3, -0.25) is 4.68 Å². The molecule has 1 saturated heterocycles. The van der Waals surface area contributed by atoms with Crippen LogP contribution in [0.5, 0.6) is 0 Å². The summed E-state index contributed by atoms with van der Waals surface area (Å²) in [5.41, 5.74) is 1.26. The monoisotopic (exact) mass is 337 g/mol. The zero-order valence-corrected chi connectivity index (χ0v) is 14.9. The van der Waals surface area contributed by atoms with Crippen LogP contribution < -0.4 is 0 Å². The third-order valence-corrected chi connectivity index (χ3v) is 6.64. The highest BCUT2D eigenvalue weighted by Gasteiger charge is 2.40. The zero-order chi connectivity index (χ0) is 16.8. The molecule has 0 N–H and O–H groups in total. The lowest BCUT2D eigenvalue weighted by atomic mass is 10.2. The molecule has 6 nitrogen and oxygen atoms in total. The molecule has 3 rings (SSSR count). The lowest BCUT2D eigenvalue weighted by Gasteiger charge is -2.22. The van der Waals surface area contributed by atoms with E-state index in [9.17, 15) is 8.42 Å². The second kappa shape index (κ2) is 5.79. The molecule has 1 atom stereocenters. The molecule has 0 radical (unpaired) electrons. The highest BCUT2D eigenvalue weighted by atomic mass is 32.2. The molecule has 3 heterocycles. The Morgan fingerprint density at radius 3 is 2.61 bits per heavy atom. The molecular weight excluding hydrogens is 314 g/mol. The predicted molar refractivity (Wildman–Crippen MR) is 86.7 cm³/mol. The Hall–Kier alpha value is -1.60. The van der Waals surface area contributed by atoms with E-state index in [2.05, 4.69) is 5.10 Å². The van der Waals surface area contributed by atoms with Gasteiger partial charge in [0.25, 0.3) is 0 Å². The van der Waals surface area contributed by atoms with Gasteiger partial charge in [-0.05, 0) is 52.7 Å². The second-order valence-corrected chi connectivity index (χ2v) is 7.87. The minimum absolute atomic E-state index is 0.225. The Balaban J connectivity index is 2.04. The van der Waals surface area contributed by atoms with Crippen LogP contribution in [-0.4, -0.2) is 29.0 Å². The molecular formula is C16H23N3O3S. The number of aryl methyl sites for hydroxylation is 3. The summed E-state index contributed by atoms with van der Waals surface area (Å²) in [5.74, 6) is 1.53. The standard InChI is InChI=1S/C16H23N3O3S/c1-5-18-13(4)16(12(3)17-18)23(20,21)19-10-6-7-14(19)15-9-8-11(2)22-15/h8-9,14H,5-7,10H2,1-4H3/t14-/m0/s1. The van der Waals surface area contributed by atoms with Crippen molar-refractivity contribution in [2.75, 3.05) is 6.54 Å². The van der Waals surface area contributed by atoms with Crippen LogP contribution in [0.2, 0.25) is 0 Å². The molecule has 0 spiro atoms. The van der Waals surface area contributed by atoms with Gasteiger partial charge >= 0.3 is 0 Å². The van der Waals surface area contributed by atoms with Crippen LogP contribution in [0, 0.1) is 20.8 Å². The van der Waals surface area contributed by atoms with Crippen molar-refractivity contribution in [3.8, 4) is 0 Å². The van der Waals surface area contributed by atoms with E-state index >= 15 is 0 Å². The van der Waals surface area contributed by atoms with Gasteiger partial charge in [0.05, 0.1) is 17.4 Å². The van der Waals surface area contributed by atoms with E-state index in [0.29, 0.717) is 29.4 Å². The van der Waals surface area contributed by atoms with Crippen LogP contribution >= 0.6 is 0 Å². The van der Waals surface area contributed by atoms with Crippen molar-refractivity contribution in [2.24, 2.45) is 0 Å². The number of nitrogens with zero attached hydrogens (tertiary/aromatic N) is 3. The van der Waals surface area contributed by atoms with E-state index in [1.54, 1.807) is 15.9 Å². The molecule has 126 valence electrons. The molecule has 7 heteroatoms. The number of furan rings is 1. The summed E-state index contributed by atoms with van der Waals surface area (Å²) in [6, 6.07) is 3.53. The Labute approximate surface area is 137 Å². The summed E-state index contributed by atoms with van der Waals surface area (Å²) < 4.78 is 35.5. The molecule has 0 aliphatic carbocycles. The first kappa shape index (κ1) is 16.3. The fourth-order valence-corrected chi connectivity index (χ4v) is 5.46. The maximum Gasteiger partial charge on any atom is 0.247 e. The molecule has 0 unspecified atom stereocenters. The summed E-state index contributed by atoms with van der Waals surface area (Å²) in [4.78, 5) is 0.342. The lowest BCUT2D eigenvalue weighted by Crippen LogP contribution is -2.31. The Morgan fingerprint density at radius 2 is 2.04 bits per heavy atom. The number of aromatic nitrogens is 2. The first-order valence-electron chi connectivity index (χ1n) is 7.98. The number of hydrogen-bond donors (Lipinski definition) is 0. The average molecular weight is 337 g/mol. The fourth-order valence-electron chi connectivity index (χ4n) is 3.42. The third-order valence-electron chi connectivity index (χ3n) is 4.47. The first-order valence-corrected chi connectivity index (χ1v) is 9.42. The first-order chi connectivity index (χ1) is 10.9. The van der Waals surface area contributed by atoms with Gasteiger partial charge in [0.1, 0.15) is 16.4 Å². The SMILES string of the molecule is CCn1nc(C)c(S(=O)(=O)N2CCC[C@H]2c2ccc(C)o2)c1C. The zero-order valence-electron chi connectivity index (χ0n) is 14.0. The normalized spacial score (nSPS) is 19.6. The highest BCUT2D eigenvalue weighted by Crippen LogP contribution is 2.38. The largest absolute Gasteiger partial charge is 0.465 e. The molecule has 1 aliphatic rings. The van der Waals surface area contributed by atoms with Crippen molar-refractivity contribution >= 4 is 10.0 Å². The van der Waals surface area contributed by atoms with E-state index in [0.717, 1.165) is 24.4 Å². The fraction of sp³-hybridized carbons (Fsp3) is 0.562. The van der Waals surface area contributed by atoms with Crippen molar-refractivity contribution < 1.29 is 12.8 Å². The molecule has 1 fully saturated rings. The van der Waals surface area contributed by atoms with Gasteiger partial charge in [-0.25, -0.2) is 8.42 Å². The molecule has 2 aromatic heterocycles. The van der Waals surface area contributed by atoms with E-state index in [1.807, 2.05) is 32.9 Å². The summed E-state index contributed by atoms with van der Waals surface area (Å²) in [7, 11) is -3.59. The van der Waals surface area contributed by atoms with Crippen molar-refractivity contribution in [2.45, 2.75) is 58.0 Å². The predicted octanol–water partition coefficient (Wildman–Crippen LogP) is 2.95. The van der Waals surface area contributed by atoms with Gasteiger partial charge in [-0.2, -0.15) is 9.40 Å². The van der Waals surface area contributed by atoms with Crippen molar-refractivity contribution in [3.05, 3.63) is 35.0 Å². The minimum atomic E-state index is -3.59. The average Bonchev–Trinajstić information content (AvgIpc) is 3.17. The van der Waals surface area contributed by atoms with Gasteiger partial charge in [0.2, 0.25) is 10.0 Å². The van der Waals surface area contributed by atoms with Gasteiger partial charge in [0, 0.05) is 13.1 Å². The maximum absolute atomic E-state index is 13.2. The van der Waals surface area contributed by atoms with Crippen LogP contribution in [0.1, 0.15) is 48.7 Å². The van der Waals surface area contributed by atoms with Crippen LogP contribution in [0.3, 0.4) is 0 Å². The number of hydrogen-bond acceptors (Lipinski definition) is 4. The summed E-state index contributed by atoms with van der Waals surface area (Å²) >= 11 is 0. The Kier molecular flexibility index (Phi) is 4.10. The lowest BCUT2D eigenvalue weighted by molar-refractivity contribution is 0.334. The van der Waals surface area contributed by atoms with Gasteiger partial charge < -0.3 is 4.42 Å². The third kappa shape index (κ3) is 2.61. The molecule has 1 aliphatic heterocycles. The van der Waals surface area contributed by atoms with Gasteiger partial charge in [-0.15, -0.1) is 0 Å². The Morgan fingerprint density at radius 1 is 1.30 bits per heavy atom. The van der Waals surface area contributed by atoms with Crippen molar-refractivity contribution in [1.29, 1.82) is 0 Å². The molecule has 0 aromatic carbocycles. The highest BCUT2D eigenvalue weighted by molar-refractivity contribution is 7.89. The van der Waals surface area contributed by atoms with Crippen molar-refractivity contribution in [3.63, 3.8) is 0 Å². The Bertz CT molecular complexity index is 820. The number of rotatable bonds is 4. The molecule has 2 aromatic rings. The second-order valence-electron chi connectivity index (χ2n) is 6.04. The molecule has 23 heavy (non-hydrogen) atoms. The van der Waals surface area contributed by atoms with Crippen LogP contribution in [0.25, 0.3) is 0 Å². The summed E-state index contributed by atoms with van der Waals surface area (Å²) in [5, 5.41) is 4.36. The van der Waals surface area contributed by atoms with Gasteiger partial charge in [0.15, 0.2) is 0 Å². The smallest absolute Gasteiger partial charge is 0.247 e. The van der Waals surface area contributed by atoms with E-state index in [1.165, 1.54) is 0 Å². The van der Waals surface area contributed by atoms with E-state index in [-0.39, 0.29) is 6.04 Å². The topological polar surface area (TPSA) is 68.3 Å². The van der Waals surface area contributed by atoms with Crippen LogP contribution in [0.4, 0.5) is 0 Å². The molecule has 0 bridgehead atoms. The minimum Gasteiger partial charge on any atom is -0.465 e. The quantitative estimate of drug-likeness (QED) is 0.860. The number of sulfonamides is 1. The van der Waals surface area contributed by atoms with Crippen molar-refractivity contribution in [1.82, 2.24) is 14.1 Å². The van der Waals surface area contributed by atoms with Gasteiger partial charge in [-0.1, -0.05) is 0 Å². The molecule has 0 saturated carbocycles. The van der Waals surface area contributed by atoms with E-state index < -0.39 is 10.0 Å². The van der Waals surface area contributed by atoms with Crippen LogP contribution in [-0.2, 0) is 16.6 Å². The van der Waals surface area contributed by atoms with Crippen LogP contribution in [0.15, 0.2) is 21.4 Å².